The fraction of sp³-hybridized carbons (Fsp3) is 0.800. The first-order chi connectivity index (χ1) is 7.44. The maximum absolute atomic E-state index is 12.0. The normalized spacial score (nSPS) is 32.2. The Morgan fingerprint density at radius 2 is 2.00 bits per heavy atom. The Kier molecular flexibility index (Phi) is 2.63. The highest BCUT2D eigenvalue weighted by Crippen LogP contribution is 2.33. The number of hydrogen-bond donors (Lipinski definition) is 3. The monoisotopic (exact) mass is 228 g/mol. The van der Waals surface area contributed by atoms with Crippen molar-refractivity contribution in [2.45, 2.75) is 43.4 Å². The predicted molar refractivity (Wildman–Crippen MR) is 54.5 cm³/mol. The van der Waals surface area contributed by atoms with E-state index in [9.17, 15) is 14.7 Å². The second kappa shape index (κ2) is 3.71. The first kappa shape index (κ1) is 11.3. The quantitative estimate of drug-likeness (QED) is 0.557. The molecule has 1 heterocycles. The number of nitrogens with two attached hydrogens (primary N) is 1. The molecule has 1 aliphatic heterocycles. The van der Waals surface area contributed by atoms with Crippen LogP contribution in [0.4, 0.5) is 0 Å². The lowest BCUT2D eigenvalue weighted by molar-refractivity contribution is -0.152. The number of aliphatic carboxylic acids is 1. The number of carboxylic acid groups (broad SMARTS) is 1. The van der Waals surface area contributed by atoms with Crippen molar-refractivity contribution in [1.29, 1.82) is 0 Å². The largest absolute Gasteiger partial charge is 0.480 e. The van der Waals surface area contributed by atoms with E-state index in [4.69, 9.17) is 10.8 Å². The van der Waals surface area contributed by atoms with E-state index in [1.165, 1.54) is 4.90 Å². The number of carbonyl (C=O) groups is 2. The summed E-state index contributed by atoms with van der Waals surface area (Å²) in [5, 5.41) is 18.4. The molecule has 1 saturated carbocycles. The summed E-state index contributed by atoms with van der Waals surface area (Å²) in [6.07, 6.45) is 1.44. The van der Waals surface area contributed by atoms with Gasteiger partial charge in [-0.25, -0.2) is 4.79 Å². The minimum Gasteiger partial charge on any atom is -0.480 e. The Hall–Kier alpha value is -1.14. The average Bonchev–Trinajstić information content (AvgIpc) is 2.55. The Labute approximate surface area is 93.0 Å². The number of rotatable bonds is 2. The maximum Gasteiger partial charge on any atom is 0.326 e. The molecule has 2 rings (SSSR count). The molecular formula is C10H16N2O4. The molecule has 0 unspecified atom stereocenters. The minimum atomic E-state index is -1.08. The summed E-state index contributed by atoms with van der Waals surface area (Å²) < 4.78 is 0. The van der Waals surface area contributed by atoms with Gasteiger partial charge in [0.15, 0.2) is 0 Å². The molecule has 2 fully saturated rings. The summed E-state index contributed by atoms with van der Waals surface area (Å²) in [4.78, 5) is 24.2. The molecule has 0 radical (unpaired) electrons. The van der Waals surface area contributed by atoms with Crippen molar-refractivity contribution in [2.24, 2.45) is 5.73 Å². The predicted octanol–water partition coefficient (Wildman–Crippen LogP) is -1.09. The lowest BCUT2D eigenvalue weighted by Gasteiger charge is -2.40. The van der Waals surface area contributed by atoms with Gasteiger partial charge in [-0.2, -0.15) is 0 Å². The van der Waals surface area contributed by atoms with Crippen molar-refractivity contribution >= 4 is 11.9 Å². The molecule has 90 valence electrons. The Bertz CT molecular complexity index is 327. The van der Waals surface area contributed by atoms with Crippen LogP contribution in [-0.2, 0) is 9.59 Å². The van der Waals surface area contributed by atoms with Gasteiger partial charge >= 0.3 is 5.97 Å². The number of aliphatic hydroxyl groups excluding tert-OH is 1. The first-order valence-corrected chi connectivity index (χ1v) is 5.45. The number of likely N-dealkylation sites (tertiary alicyclic amines) is 1. The van der Waals surface area contributed by atoms with E-state index in [-0.39, 0.29) is 18.9 Å². The molecule has 0 aromatic carbocycles. The van der Waals surface area contributed by atoms with Gasteiger partial charge < -0.3 is 20.8 Å². The van der Waals surface area contributed by atoms with E-state index in [1.807, 2.05) is 0 Å². The van der Waals surface area contributed by atoms with Crippen molar-refractivity contribution in [2.75, 3.05) is 6.54 Å². The molecule has 2 atom stereocenters. The van der Waals surface area contributed by atoms with E-state index in [2.05, 4.69) is 0 Å². The van der Waals surface area contributed by atoms with E-state index in [0.29, 0.717) is 12.8 Å². The maximum atomic E-state index is 12.0. The molecule has 0 aromatic heterocycles. The van der Waals surface area contributed by atoms with Gasteiger partial charge in [0.05, 0.1) is 11.6 Å². The van der Waals surface area contributed by atoms with Gasteiger partial charge in [-0.1, -0.05) is 0 Å². The summed E-state index contributed by atoms with van der Waals surface area (Å²) in [5.74, 6) is -1.41. The molecule has 0 bridgehead atoms. The molecule has 1 amide bonds. The number of nitrogens with zero attached hydrogens (tertiary/aromatic N) is 1. The molecule has 16 heavy (non-hydrogen) atoms. The SMILES string of the molecule is NC1(C(=O)N2C[C@@H](O)C[C@H]2C(=O)O)CCC1. The molecule has 2 aliphatic rings. The summed E-state index contributed by atoms with van der Waals surface area (Å²) >= 11 is 0. The fourth-order valence-corrected chi connectivity index (χ4v) is 2.33. The number of carbonyl (C=O) groups excluding carboxylic acids is 1. The second-order valence-corrected chi connectivity index (χ2v) is 4.71. The summed E-state index contributed by atoms with van der Waals surface area (Å²) in [6, 6.07) is -0.927. The van der Waals surface area contributed by atoms with Gasteiger partial charge in [-0.15, -0.1) is 0 Å². The van der Waals surface area contributed by atoms with Crippen LogP contribution in [0, 0.1) is 0 Å². The molecular weight excluding hydrogens is 212 g/mol. The van der Waals surface area contributed by atoms with E-state index in [0.717, 1.165) is 6.42 Å². The van der Waals surface area contributed by atoms with Crippen LogP contribution in [0.1, 0.15) is 25.7 Å². The van der Waals surface area contributed by atoms with Crippen molar-refractivity contribution in [3.05, 3.63) is 0 Å². The topological polar surface area (TPSA) is 104 Å². The average molecular weight is 228 g/mol. The fourth-order valence-electron chi connectivity index (χ4n) is 2.33. The number of β-amino-alcohol motifs (C(OH)–C–C–N with tert-alkyl or cyclic N) is 1. The van der Waals surface area contributed by atoms with Crippen LogP contribution >= 0.6 is 0 Å². The Morgan fingerprint density at radius 1 is 1.38 bits per heavy atom. The summed E-state index contributed by atoms with van der Waals surface area (Å²) in [6.45, 7) is 0.0781. The molecule has 0 aromatic rings. The van der Waals surface area contributed by atoms with E-state index in [1.54, 1.807) is 0 Å². The van der Waals surface area contributed by atoms with Crippen molar-refractivity contribution < 1.29 is 19.8 Å². The Balaban J connectivity index is 2.13. The van der Waals surface area contributed by atoms with Crippen molar-refractivity contribution in [3.8, 4) is 0 Å². The van der Waals surface area contributed by atoms with Gasteiger partial charge in [-0.3, -0.25) is 4.79 Å². The van der Waals surface area contributed by atoms with Gasteiger partial charge in [0.25, 0.3) is 0 Å². The zero-order valence-corrected chi connectivity index (χ0v) is 8.93. The molecule has 1 aliphatic carbocycles. The molecule has 1 saturated heterocycles. The molecule has 6 nitrogen and oxygen atoms in total. The zero-order valence-electron chi connectivity index (χ0n) is 8.93. The lowest BCUT2D eigenvalue weighted by atomic mass is 9.76. The highest BCUT2D eigenvalue weighted by atomic mass is 16.4. The number of amides is 1. The van der Waals surface area contributed by atoms with Gasteiger partial charge in [0.2, 0.25) is 5.91 Å². The van der Waals surface area contributed by atoms with Crippen LogP contribution < -0.4 is 5.73 Å². The third kappa shape index (κ3) is 1.68. The summed E-state index contributed by atoms with van der Waals surface area (Å²) in [5.41, 5.74) is 4.98. The molecule has 6 heteroatoms. The third-order valence-corrected chi connectivity index (χ3v) is 3.50. The van der Waals surface area contributed by atoms with Crippen LogP contribution in [-0.4, -0.2) is 51.2 Å². The zero-order chi connectivity index (χ0) is 11.9. The highest BCUT2D eigenvalue weighted by Gasteiger charge is 2.48. The smallest absolute Gasteiger partial charge is 0.326 e. The van der Waals surface area contributed by atoms with E-state index < -0.39 is 23.7 Å². The minimum absolute atomic E-state index is 0.0781. The molecule has 0 spiro atoms. The van der Waals surface area contributed by atoms with Crippen LogP contribution in [0.3, 0.4) is 0 Å². The van der Waals surface area contributed by atoms with Gasteiger partial charge in [0.1, 0.15) is 6.04 Å². The number of hydrogen-bond acceptors (Lipinski definition) is 4. The van der Waals surface area contributed by atoms with Crippen molar-refractivity contribution in [1.82, 2.24) is 4.90 Å². The van der Waals surface area contributed by atoms with Gasteiger partial charge in [-0.05, 0) is 19.3 Å². The highest BCUT2D eigenvalue weighted by molar-refractivity contribution is 5.91. The second-order valence-electron chi connectivity index (χ2n) is 4.71. The van der Waals surface area contributed by atoms with E-state index >= 15 is 0 Å². The number of carboxylic acids is 1. The standard InChI is InChI=1S/C10H16N2O4/c11-10(2-1-3-10)9(16)12-5-6(13)4-7(12)8(14)15/h6-7,13H,1-5,11H2,(H,14,15)/t6-,7-/m0/s1. The lowest BCUT2D eigenvalue weighted by Crippen LogP contribution is -2.61. The third-order valence-electron chi connectivity index (χ3n) is 3.50. The summed E-state index contributed by atoms with van der Waals surface area (Å²) in [7, 11) is 0. The van der Waals surface area contributed by atoms with Crippen LogP contribution in [0.2, 0.25) is 0 Å². The van der Waals surface area contributed by atoms with Crippen LogP contribution in [0.5, 0.6) is 0 Å². The Morgan fingerprint density at radius 3 is 2.44 bits per heavy atom. The molecule has 4 N–H and O–H groups in total. The van der Waals surface area contributed by atoms with Crippen molar-refractivity contribution in [3.63, 3.8) is 0 Å². The van der Waals surface area contributed by atoms with Crippen LogP contribution in [0.25, 0.3) is 0 Å². The van der Waals surface area contributed by atoms with Crippen LogP contribution in [0.15, 0.2) is 0 Å². The van der Waals surface area contributed by atoms with Gasteiger partial charge in [0, 0.05) is 13.0 Å². The first-order valence-electron chi connectivity index (χ1n) is 5.45. The number of aliphatic hydroxyl groups is 1.